The molecule has 0 unspecified atom stereocenters. The van der Waals surface area contributed by atoms with Gasteiger partial charge >= 0.3 is 0 Å². The highest BCUT2D eigenvalue weighted by atomic mass is 32.2. The number of rotatable bonds is 8. The van der Waals surface area contributed by atoms with Gasteiger partial charge in [-0.05, 0) is 94.7 Å². The number of hydrogen-bond donors (Lipinski definition) is 3. The van der Waals surface area contributed by atoms with Crippen molar-refractivity contribution in [2.75, 3.05) is 6.54 Å². The number of benzene rings is 2. The molecular weight excluding hydrogens is 766 g/mol. The van der Waals surface area contributed by atoms with Gasteiger partial charge in [0.15, 0.2) is 11.3 Å². The number of aromatic nitrogens is 1. The Balaban J connectivity index is 1.07. The van der Waals surface area contributed by atoms with E-state index in [1.807, 2.05) is 37.3 Å². The van der Waals surface area contributed by atoms with Gasteiger partial charge in [-0.25, -0.2) is 17.8 Å². The number of halogens is 1. The quantitative estimate of drug-likeness (QED) is 0.198. The molecule has 304 valence electrons. The van der Waals surface area contributed by atoms with E-state index in [4.69, 9.17) is 14.1 Å². The second-order valence-corrected chi connectivity index (χ2v) is 18.6. The van der Waals surface area contributed by atoms with Crippen molar-refractivity contribution in [3.8, 4) is 17.0 Å². The zero-order valence-corrected chi connectivity index (χ0v) is 33.0. The molecule has 0 spiro atoms. The first kappa shape index (κ1) is 38.2. The Labute approximate surface area is 335 Å². The van der Waals surface area contributed by atoms with Crippen molar-refractivity contribution in [3.05, 3.63) is 72.1 Å². The third-order valence-electron chi connectivity index (χ3n) is 12.1. The lowest BCUT2D eigenvalue weighted by Gasteiger charge is -2.30. The molecule has 1 saturated heterocycles. The highest BCUT2D eigenvalue weighted by Gasteiger charge is 2.62. The fraction of sp³-hybridized carbons (Fsp3) is 0.465. The average Bonchev–Trinajstić information content (AvgIpc) is 4.11. The first-order valence-electron chi connectivity index (χ1n) is 20.3. The lowest BCUT2D eigenvalue weighted by molar-refractivity contribution is -0.142. The molecular formula is C43H46FN5O8S. The maximum Gasteiger partial charge on any atom is 0.259 e. The number of carbonyl (C=O) groups is 4. The second kappa shape index (κ2) is 14.8. The molecule has 3 saturated carbocycles. The largest absolute Gasteiger partial charge is 0.484 e. The molecule has 4 fully saturated rings. The smallest absolute Gasteiger partial charge is 0.259 e. The van der Waals surface area contributed by atoms with Crippen LogP contribution in [0, 0.1) is 24.6 Å². The Kier molecular flexibility index (Phi) is 9.76. The van der Waals surface area contributed by atoms with Crippen molar-refractivity contribution in [2.45, 2.75) is 107 Å². The van der Waals surface area contributed by atoms with E-state index >= 15 is 0 Å². The van der Waals surface area contributed by atoms with Crippen molar-refractivity contribution >= 4 is 55.7 Å². The van der Waals surface area contributed by atoms with Gasteiger partial charge in [0.25, 0.3) is 5.91 Å². The topological polar surface area (TPSA) is 177 Å². The van der Waals surface area contributed by atoms with Gasteiger partial charge in [0.2, 0.25) is 27.7 Å². The predicted octanol–water partition coefficient (Wildman–Crippen LogP) is 5.34. The molecule has 3 N–H and O–H groups in total. The lowest BCUT2D eigenvalue weighted by atomic mass is 10.0. The summed E-state index contributed by atoms with van der Waals surface area (Å²) in [7, 11) is -3.91. The fourth-order valence-corrected chi connectivity index (χ4v) is 9.70. The third-order valence-corrected chi connectivity index (χ3v) is 13.9. The van der Waals surface area contributed by atoms with Crippen molar-refractivity contribution in [3.63, 3.8) is 0 Å². The zero-order chi connectivity index (χ0) is 40.3. The van der Waals surface area contributed by atoms with E-state index in [-0.39, 0.29) is 31.2 Å². The molecule has 0 radical (unpaired) electrons. The summed E-state index contributed by atoms with van der Waals surface area (Å²) in [5, 5.41) is 6.00. The number of allylic oxidation sites excluding steroid dienone is 1. The van der Waals surface area contributed by atoms with Crippen LogP contribution < -0.4 is 20.1 Å². The van der Waals surface area contributed by atoms with Gasteiger partial charge in [-0.1, -0.05) is 36.6 Å². The van der Waals surface area contributed by atoms with E-state index < -0.39 is 68.5 Å². The molecule has 2 aliphatic heterocycles. The van der Waals surface area contributed by atoms with Gasteiger partial charge in [0.05, 0.1) is 17.5 Å². The van der Waals surface area contributed by atoms with Crippen LogP contribution in [0.4, 0.5) is 4.39 Å². The standard InChI is InChI=1S/C43H46FN5O8S/c1-24-9-18-35-31(19-24)37-38(57-35)36(21-33(45-37)25-12-14-28(44)15-13-25)56-29-20-34-40(51)47-43(42(53)48-58(54,55)30-16-17-30)22-27(43)7-5-3-2-4-6-8-32(41(52)49(34)23-29)46-39(50)26-10-11-26/h5,7,9,12-15,18-19,21,26-27,29-30,32,34H,2-4,6,8,10-11,16-17,20,22-23H2,1H3,(H,46,50)(H,47,51)(H,48,53)/b7-5-/t27-,29-,32+,34+,43-/m1/s1. The highest BCUT2D eigenvalue weighted by molar-refractivity contribution is 7.91. The first-order chi connectivity index (χ1) is 27.9. The fourth-order valence-electron chi connectivity index (χ4n) is 8.34. The third kappa shape index (κ3) is 7.56. The lowest BCUT2D eigenvalue weighted by Crippen LogP contribution is -2.58. The van der Waals surface area contributed by atoms with Crippen molar-refractivity contribution in [1.29, 1.82) is 0 Å². The summed E-state index contributed by atoms with van der Waals surface area (Å²) < 4.78 is 55.0. The Morgan fingerprint density at radius 2 is 1.81 bits per heavy atom. The zero-order valence-electron chi connectivity index (χ0n) is 32.2. The summed E-state index contributed by atoms with van der Waals surface area (Å²) in [6, 6.07) is 11.4. The number of nitrogens with zero attached hydrogens (tertiary/aromatic N) is 2. The number of aryl methyl sites for hydroxylation is 1. The Bertz CT molecular complexity index is 2460. The van der Waals surface area contributed by atoms with Crippen molar-refractivity contribution in [1.82, 2.24) is 25.2 Å². The van der Waals surface area contributed by atoms with Gasteiger partial charge in [-0.2, -0.15) is 0 Å². The number of ether oxygens (including phenoxy) is 1. The number of nitrogens with one attached hydrogen (secondary N) is 3. The number of furan rings is 1. The number of amides is 4. The van der Waals surface area contributed by atoms with Crippen LogP contribution in [0.1, 0.15) is 76.2 Å². The molecule has 2 aromatic heterocycles. The van der Waals surface area contributed by atoms with E-state index in [0.29, 0.717) is 65.8 Å². The van der Waals surface area contributed by atoms with Crippen LogP contribution in [0.3, 0.4) is 0 Å². The van der Waals surface area contributed by atoms with Gasteiger partial charge in [-0.3, -0.25) is 23.9 Å². The summed E-state index contributed by atoms with van der Waals surface area (Å²) in [4.78, 5) is 62.4. The Hall–Kier alpha value is -5.31. The van der Waals surface area contributed by atoms with Crippen LogP contribution in [0.15, 0.2) is 65.1 Å². The van der Waals surface area contributed by atoms with E-state index in [1.165, 1.54) is 17.0 Å². The first-order valence-corrected chi connectivity index (χ1v) is 21.9. The minimum atomic E-state index is -3.91. The van der Waals surface area contributed by atoms with E-state index in [0.717, 1.165) is 36.6 Å². The molecule has 13 nitrogen and oxygen atoms in total. The summed E-state index contributed by atoms with van der Waals surface area (Å²) in [5.41, 5.74) is 2.08. The summed E-state index contributed by atoms with van der Waals surface area (Å²) >= 11 is 0. The molecule has 4 heterocycles. The maximum atomic E-state index is 14.6. The van der Waals surface area contributed by atoms with E-state index in [1.54, 1.807) is 18.2 Å². The Morgan fingerprint density at radius 1 is 1.02 bits per heavy atom. The second-order valence-electron chi connectivity index (χ2n) is 16.6. The van der Waals surface area contributed by atoms with E-state index in [2.05, 4.69) is 15.4 Å². The number of hydrogen-bond acceptors (Lipinski definition) is 9. The molecule has 5 atom stereocenters. The van der Waals surface area contributed by atoms with Gasteiger partial charge < -0.3 is 24.7 Å². The molecule has 9 rings (SSSR count). The molecule has 4 aromatic rings. The van der Waals surface area contributed by atoms with Crippen LogP contribution in [0.25, 0.3) is 33.3 Å². The molecule has 2 aromatic carbocycles. The summed E-state index contributed by atoms with van der Waals surface area (Å²) in [6.07, 6.45) is 9.11. The maximum absolute atomic E-state index is 14.6. The summed E-state index contributed by atoms with van der Waals surface area (Å²) in [6.45, 7) is 1.93. The van der Waals surface area contributed by atoms with Gasteiger partial charge in [0, 0.05) is 35.3 Å². The van der Waals surface area contributed by atoms with Crippen LogP contribution in [-0.2, 0) is 29.2 Å². The predicted molar refractivity (Wildman–Crippen MR) is 212 cm³/mol. The number of fused-ring (bicyclic) bond motifs is 5. The van der Waals surface area contributed by atoms with Crippen molar-refractivity contribution < 1.29 is 41.1 Å². The SMILES string of the molecule is Cc1ccc2oc3c(O[C@@H]4C[C@H]5C(=O)N[C@]6(C(=O)NS(=O)(=O)C7CC7)C[C@H]6/C=C\CCCCC[C@H](NC(=O)C6CC6)C(=O)N5C4)cc(-c4ccc(F)cc4)nc3c2c1. The van der Waals surface area contributed by atoms with Crippen molar-refractivity contribution in [2.24, 2.45) is 11.8 Å². The molecule has 3 aliphatic carbocycles. The molecule has 15 heteroatoms. The normalized spacial score (nSPS) is 27.2. The monoisotopic (exact) mass is 811 g/mol. The van der Waals surface area contributed by atoms with Crippen LogP contribution in [0.5, 0.6) is 5.75 Å². The number of sulfonamides is 1. The molecule has 4 amide bonds. The minimum absolute atomic E-state index is 0.0223. The van der Waals surface area contributed by atoms with Gasteiger partial charge in [-0.15, -0.1) is 0 Å². The summed E-state index contributed by atoms with van der Waals surface area (Å²) in [5.74, 6) is -2.70. The number of pyridine rings is 1. The minimum Gasteiger partial charge on any atom is -0.484 e. The average molecular weight is 812 g/mol. The molecule has 58 heavy (non-hydrogen) atoms. The Morgan fingerprint density at radius 3 is 2.57 bits per heavy atom. The van der Waals surface area contributed by atoms with Crippen LogP contribution in [-0.4, -0.2) is 77.5 Å². The van der Waals surface area contributed by atoms with Gasteiger partial charge in [0.1, 0.15) is 40.6 Å². The van der Waals surface area contributed by atoms with E-state index in [9.17, 15) is 32.0 Å². The number of carbonyl (C=O) groups excluding carboxylic acids is 4. The van der Waals surface area contributed by atoms with Crippen LogP contribution >= 0.6 is 0 Å². The molecule has 0 bridgehead atoms. The van der Waals surface area contributed by atoms with Crippen LogP contribution in [0.2, 0.25) is 0 Å². The molecule has 5 aliphatic rings. The highest BCUT2D eigenvalue weighted by Crippen LogP contribution is 2.46.